The van der Waals surface area contributed by atoms with Crippen LogP contribution < -0.4 is 15.4 Å². The van der Waals surface area contributed by atoms with Crippen molar-refractivity contribution in [3.63, 3.8) is 0 Å². The molecule has 12 heteroatoms. The van der Waals surface area contributed by atoms with Crippen molar-refractivity contribution in [1.29, 1.82) is 0 Å². The van der Waals surface area contributed by atoms with E-state index in [4.69, 9.17) is 14.2 Å². The number of carbonyl (C=O) groups is 2. The lowest BCUT2D eigenvalue weighted by atomic mass is 10.1. The lowest BCUT2D eigenvalue weighted by Gasteiger charge is -2.19. The predicted molar refractivity (Wildman–Crippen MR) is 164 cm³/mol. The summed E-state index contributed by atoms with van der Waals surface area (Å²) in [5.74, 6) is -0.564. The fourth-order valence-corrected chi connectivity index (χ4v) is 4.62. The molecule has 0 aliphatic carbocycles. The van der Waals surface area contributed by atoms with Crippen LogP contribution in [0.2, 0.25) is 0 Å². The Kier molecular flexibility index (Phi) is 11.8. The molecule has 2 aromatic heterocycles. The third-order valence-electron chi connectivity index (χ3n) is 6.86. The first-order valence-electron chi connectivity index (χ1n) is 15.1. The van der Waals surface area contributed by atoms with Crippen molar-refractivity contribution < 1.29 is 23.8 Å². The minimum atomic E-state index is -0.440. The Balaban J connectivity index is 1.37. The molecule has 2 N–H and O–H groups in total. The van der Waals surface area contributed by atoms with Gasteiger partial charge in [-0.05, 0) is 64.3 Å². The van der Waals surface area contributed by atoms with Gasteiger partial charge in [-0.15, -0.1) is 0 Å². The van der Waals surface area contributed by atoms with Crippen LogP contribution in [0.15, 0.2) is 30.5 Å². The third kappa shape index (κ3) is 10.6. The van der Waals surface area contributed by atoms with Crippen LogP contribution in [-0.2, 0) is 32.2 Å². The molecule has 1 saturated heterocycles. The van der Waals surface area contributed by atoms with Crippen molar-refractivity contribution in [1.82, 2.24) is 30.0 Å². The Bertz CT molecular complexity index is 1330. The molecule has 0 atom stereocenters. The summed E-state index contributed by atoms with van der Waals surface area (Å²) in [5.41, 5.74) is 2.66. The second-order valence-corrected chi connectivity index (χ2v) is 11.7. The van der Waals surface area contributed by atoms with E-state index in [1.807, 2.05) is 20.8 Å². The molecule has 1 fully saturated rings. The molecule has 3 aromatic rings. The van der Waals surface area contributed by atoms with Gasteiger partial charge >= 0.3 is 6.01 Å². The number of nitrogens with one attached hydrogen (secondary N) is 2. The standard InChI is InChI=1S/C31H45N7O5/c1-5-6-15-42-30-35-28(34-26(39)19-32-27(40)22-41-16-17-43-31(2,3)4)25-18-33-38(29(25)36-30)21-24-11-9-23(10-12-24)20-37-13-7-8-14-37/h9-12,18H,5-8,13-17,19-22H2,1-4H3,(H,32,40)(H,34,35,36,39). The summed E-state index contributed by atoms with van der Waals surface area (Å²) >= 11 is 0. The monoisotopic (exact) mass is 595 g/mol. The number of amides is 2. The van der Waals surface area contributed by atoms with Crippen LogP contribution >= 0.6 is 0 Å². The molecule has 0 spiro atoms. The lowest BCUT2D eigenvalue weighted by molar-refractivity contribution is -0.128. The van der Waals surface area contributed by atoms with Crippen LogP contribution in [0, 0.1) is 0 Å². The van der Waals surface area contributed by atoms with E-state index in [1.165, 1.54) is 18.4 Å². The van der Waals surface area contributed by atoms with Gasteiger partial charge < -0.3 is 24.8 Å². The van der Waals surface area contributed by atoms with E-state index in [2.05, 4.69) is 61.8 Å². The van der Waals surface area contributed by atoms with E-state index in [-0.39, 0.29) is 37.2 Å². The first-order chi connectivity index (χ1) is 20.7. The van der Waals surface area contributed by atoms with Crippen LogP contribution in [0.4, 0.5) is 5.82 Å². The number of anilines is 1. The van der Waals surface area contributed by atoms with Crippen LogP contribution in [-0.4, -0.2) is 88.1 Å². The highest BCUT2D eigenvalue weighted by Gasteiger charge is 2.17. The Morgan fingerprint density at radius 3 is 2.37 bits per heavy atom. The summed E-state index contributed by atoms with van der Waals surface area (Å²) in [4.78, 5) is 36.4. The van der Waals surface area contributed by atoms with Gasteiger partial charge in [0.25, 0.3) is 0 Å². The predicted octanol–water partition coefficient (Wildman–Crippen LogP) is 3.54. The molecule has 1 aromatic carbocycles. The zero-order valence-electron chi connectivity index (χ0n) is 25.9. The molecule has 43 heavy (non-hydrogen) atoms. The molecule has 1 aliphatic rings. The Hall–Kier alpha value is -3.61. The number of unbranched alkanes of at least 4 members (excludes halogenated alkanes) is 1. The summed E-state index contributed by atoms with van der Waals surface area (Å²) in [6, 6.07) is 8.72. The Morgan fingerprint density at radius 2 is 1.67 bits per heavy atom. The van der Waals surface area contributed by atoms with Crippen LogP contribution in [0.5, 0.6) is 6.01 Å². The van der Waals surface area contributed by atoms with Crippen molar-refractivity contribution in [3.8, 4) is 6.01 Å². The molecule has 0 bridgehead atoms. The minimum Gasteiger partial charge on any atom is -0.463 e. The first kappa shape index (κ1) is 32.3. The Morgan fingerprint density at radius 1 is 0.953 bits per heavy atom. The smallest absolute Gasteiger partial charge is 0.320 e. The zero-order valence-corrected chi connectivity index (χ0v) is 25.9. The molecule has 0 saturated carbocycles. The number of hydrogen-bond acceptors (Lipinski definition) is 9. The molecule has 4 rings (SSSR count). The summed E-state index contributed by atoms with van der Waals surface area (Å²) in [7, 11) is 0. The summed E-state index contributed by atoms with van der Waals surface area (Å²) in [6.45, 7) is 12.4. The molecule has 3 heterocycles. The van der Waals surface area contributed by atoms with E-state index >= 15 is 0 Å². The van der Waals surface area contributed by atoms with Crippen molar-refractivity contribution in [2.45, 2.75) is 72.1 Å². The highest BCUT2D eigenvalue weighted by atomic mass is 16.5. The van der Waals surface area contributed by atoms with Gasteiger partial charge in [-0.2, -0.15) is 15.1 Å². The topological polar surface area (TPSA) is 133 Å². The maximum Gasteiger partial charge on any atom is 0.320 e. The van der Waals surface area contributed by atoms with Crippen molar-refractivity contribution >= 4 is 28.7 Å². The fraction of sp³-hybridized carbons (Fsp3) is 0.581. The zero-order chi connectivity index (χ0) is 30.7. The molecule has 1 aliphatic heterocycles. The number of likely N-dealkylation sites (tertiary alicyclic amines) is 1. The van der Waals surface area contributed by atoms with Crippen LogP contribution in [0.3, 0.4) is 0 Å². The minimum absolute atomic E-state index is 0.161. The number of benzene rings is 1. The van der Waals surface area contributed by atoms with E-state index in [9.17, 15) is 9.59 Å². The third-order valence-corrected chi connectivity index (χ3v) is 6.86. The van der Waals surface area contributed by atoms with E-state index in [1.54, 1.807) is 10.9 Å². The molecule has 234 valence electrons. The number of rotatable bonds is 16. The normalized spacial score (nSPS) is 13.9. The highest BCUT2D eigenvalue weighted by Crippen LogP contribution is 2.24. The molecule has 12 nitrogen and oxygen atoms in total. The highest BCUT2D eigenvalue weighted by molar-refractivity contribution is 6.00. The van der Waals surface area contributed by atoms with Crippen molar-refractivity contribution in [2.75, 3.05) is 51.4 Å². The van der Waals surface area contributed by atoms with Crippen molar-refractivity contribution in [3.05, 3.63) is 41.6 Å². The number of carbonyl (C=O) groups excluding carboxylic acids is 2. The molecular formula is C31H45N7O5. The van der Waals surface area contributed by atoms with Gasteiger partial charge in [0.2, 0.25) is 11.8 Å². The second kappa shape index (κ2) is 15.7. The Labute approximate surface area is 253 Å². The summed E-state index contributed by atoms with van der Waals surface area (Å²) in [5, 5.41) is 10.5. The van der Waals surface area contributed by atoms with Gasteiger partial charge in [-0.3, -0.25) is 14.5 Å². The van der Waals surface area contributed by atoms with E-state index < -0.39 is 11.8 Å². The SMILES string of the molecule is CCCCOc1nc(NC(=O)CNC(=O)COCCOC(C)(C)C)c2cnn(Cc3ccc(CN4CCCC4)cc3)c2n1. The molecule has 2 amide bonds. The summed E-state index contributed by atoms with van der Waals surface area (Å²) < 4.78 is 18.5. The van der Waals surface area contributed by atoms with Gasteiger partial charge in [0.1, 0.15) is 6.61 Å². The van der Waals surface area contributed by atoms with Crippen LogP contribution in [0.1, 0.15) is 64.5 Å². The maximum atomic E-state index is 12.8. The quantitative estimate of drug-likeness (QED) is 0.239. The largest absolute Gasteiger partial charge is 0.463 e. The number of nitrogens with zero attached hydrogens (tertiary/aromatic N) is 5. The average Bonchev–Trinajstić information content (AvgIpc) is 3.63. The molecule has 0 unspecified atom stereocenters. The van der Waals surface area contributed by atoms with Gasteiger partial charge in [-0.25, -0.2) is 4.68 Å². The number of fused-ring (bicyclic) bond motifs is 1. The van der Waals surface area contributed by atoms with Gasteiger partial charge in [0.15, 0.2) is 11.5 Å². The van der Waals surface area contributed by atoms with E-state index in [0.29, 0.717) is 30.8 Å². The average molecular weight is 596 g/mol. The number of aromatic nitrogens is 4. The van der Waals surface area contributed by atoms with Gasteiger partial charge in [0.05, 0.1) is 50.1 Å². The van der Waals surface area contributed by atoms with Gasteiger partial charge in [-0.1, -0.05) is 37.6 Å². The van der Waals surface area contributed by atoms with E-state index in [0.717, 1.165) is 38.0 Å². The number of hydrogen-bond donors (Lipinski definition) is 2. The maximum absolute atomic E-state index is 12.8. The van der Waals surface area contributed by atoms with Crippen LogP contribution in [0.25, 0.3) is 11.0 Å². The lowest BCUT2D eigenvalue weighted by Crippen LogP contribution is -2.35. The second-order valence-electron chi connectivity index (χ2n) is 11.7. The number of ether oxygens (including phenoxy) is 3. The fourth-order valence-electron chi connectivity index (χ4n) is 4.62. The first-order valence-corrected chi connectivity index (χ1v) is 15.1. The molecule has 0 radical (unpaired) electrons. The molecular weight excluding hydrogens is 550 g/mol. The summed E-state index contributed by atoms with van der Waals surface area (Å²) in [6.07, 6.45) is 6.00. The van der Waals surface area contributed by atoms with Crippen molar-refractivity contribution in [2.24, 2.45) is 0 Å². The van der Waals surface area contributed by atoms with Gasteiger partial charge in [0, 0.05) is 6.54 Å².